The standard InChI is InChI=1S/C24H28F3N5O4/c1-14(33)15-12-31(13-15)19-9-10-28-21-20(19)18(11-29-22(34)36-23(2,3)4)30-32(21)16-5-7-17(8-6-16)35-24(25,26)27/h5-10,14-15,33H,11-13H2,1-4H3,(H,29,34). The lowest BCUT2D eigenvalue weighted by molar-refractivity contribution is -0.274. The molecule has 3 heterocycles. The van der Waals surface area contributed by atoms with Crippen molar-refractivity contribution in [1.29, 1.82) is 0 Å². The number of fused-ring (bicyclic) bond motifs is 1. The predicted octanol–water partition coefficient (Wildman–Crippen LogP) is 4.16. The van der Waals surface area contributed by atoms with E-state index in [0.717, 1.165) is 5.69 Å². The lowest BCUT2D eigenvalue weighted by Gasteiger charge is -2.42. The first-order valence-corrected chi connectivity index (χ1v) is 11.4. The summed E-state index contributed by atoms with van der Waals surface area (Å²) in [6.07, 6.45) is -4.22. The van der Waals surface area contributed by atoms with Gasteiger partial charge in [-0.2, -0.15) is 5.10 Å². The van der Waals surface area contributed by atoms with Crippen molar-refractivity contribution in [2.24, 2.45) is 5.92 Å². The SMILES string of the molecule is CC(O)C1CN(c2ccnc3c2c(CNC(=O)OC(C)(C)C)nn3-c2ccc(OC(F)(F)F)cc2)C1. The van der Waals surface area contributed by atoms with Crippen LogP contribution in [0.3, 0.4) is 0 Å². The Morgan fingerprint density at radius 3 is 2.44 bits per heavy atom. The van der Waals surface area contributed by atoms with Gasteiger partial charge in [-0.1, -0.05) is 0 Å². The van der Waals surface area contributed by atoms with Gasteiger partial charge in [0.2, 0.25) is 0 Å². The number of alkyl halides is 3. The van der Waals surface area contributed by atoms with E-state index in [1.54, 1.807) is 33.9 Å². The van der Waals surface area contributed by atoms with Gasteiger partial charge in [0.1, 0.15) is 11.4 Å². The normalized spacial score (nSPS) is 15.5. The number of rotatable bonds is 6. The van der Waals surface area contributed by atoms with Crippen molar-refractivity contribution >= 4 is 22.8 Å². The van der Waals surface area contributed by atoms with Crippen LogP contribution in [0.25, 0.3) is 16.7 Å². The summed E-state index contributed by atoms with van der Waals surface area (Å²) in [4.78, 5) is 18.8. The number of benzene rings is 1. The number of hydrogen-bond acceptors (Lipinski definition) is 7. The maximum atomic E-state index is 12.6. The third kappa shape index (κ3) is 5.81. The summed E-state index contributed by atoms with van der Waals surface area (Å²) in [6.45, 7) is 8.35. The number of pyridine rings is 1. The maximum absolute atomic E-state index is 12.6. The van der Waals surface area contributed by atoms with Crippen LogP contribution in [-0.2, 0) is 11.3 Å². The molecule has 1 saturated heterocycles. The number of nitrogens with zero attached hydrogens (tertiary/aromatic N) is 4. The minimum Gasteiger partial charge on any atom is -0.444 e. The second-order valence-electron chi connectivity index (χ2n) is 9.69. The first-order valence-electron chi connectivity index (χ1n) is 11.4. The molecule has 1 aromatic carbocycles. The molecule has 0 aliphatic carbocycles. The van der Waals surface area contributed by atoms with Crippen LogP contribution >= 0.6 is 0 Å². The molecule has 1 aliphatic rings. The highest BCUT2D eigenvalue weighted by Gasteiger charge is 2.33. The Hall–Kier alpha value is -3.54. The number of nitrogens with one attached hydrogen (secondary N) is 1. The summed E-state index contributed by atoms with van der Waals surface area (Å²) in [5, 5.41) is 17.9. The summed E-state index contributed by atoms with van der Waals surface area (Å²) in [5.41, 5.74) is 1.61. The van der Waals surface area contributed by atoms with Crippen LogP contribution in [0.2, 0.25) is 0 Å². The third-order valence-corrected chi connectivity index (χ3v) is 5.67. The second-order valence-corrected chi connectivity index (χ2v) is 9.69. The highest BCUT2D eigenvalue weighted by atomic mass is 19.4. The van der Waals surface area contributed by atoms with Crippen LogP contribution in [-0.4, -0.2) is 57.1 Å². The Labute approximate surface area is 205 Å². The zero-order valence-corrected chi connectivity index (χ0v) is 20.3. The van der Waals surface area contributed by atoms with Gasteiger partial charge in [0.05, 0.1) is 35.1 Å². The molecule has 1 amide bonds. The monoisotopic (exact) mass is 507 g/mol. The van der Waals surface area contributed by atoms with Gasteiger partial charge in [0.25, 0.3) is 0 Å². The first kappa shape index (κ1) is 25.5. The molecule has 0 bridgehead atoms. The quantitative estimate of drug-likeness (QED) is 0.517. The van der Waals surface area contributed by atoms with E-state index >= 15 is 0 Å². The van der Waals surface area contributed by atoms with Crippen molar-refractivity contribution in [2.75, 3.05) is 18.0 Å². The average molecular weight is 508 g/mol. The van der Waals surface area contributed by atoms with Gasteiger partial charge in [-0.3, -0.25) is 0 Å². The summed E-state index contributed by atoms with van der Waals surface area (Å²) >= 11 is 0. The number of aliphatic hydroxyl groups is 1. The van der Waals surface area contributed by atoms with Crippen LogP contribution in [0.4, 0.5) is 23.7 Å². The molecule has 1 fully saturated rings. The highest BCUT2D eigenvalue weighted by molar-refractivity contribution is 5.93. The molecule has 0 saturated carbocycles. The topological polar surface area (TPSA) is 102 Å². The van der Waals surface area contributed by atoms with Crippen LogP contribution in [0, 0.1) is 5.92 Å². The van der Waals surface area contributed by atoms with Crippen LogP contribution < -0.4 is 15.0 Å². The van der Waals surface area contributed by atoms with E-state index in [0.29, 0.717) is 35.5 Å². The summed E-state index contributed by atoms with van der Waals surface area (Å²) in [6, 6.07) is 7.12. The lowest BCUT2D eigenvalue weighted by atomic mass is 9.93. The number of halogens is 3. The number of carbonyl (C=O) groups is 1. The predicted molar refractivity (Wildman–Crippen MR) is 126 cm³/mol. The molecule has 1 aliphatic heterocycles. The Bertz CT molecular complexity index is 1230. The molecule has 36 heavy (non-hydrogen) atoms. The number of hydrogen-bond donors (Lipinski definition) is 2. The molecule has 0 spiro atoms. The van der Waals surface area contributed by atoms with Crippen LogP contribution in [0.15, 0.2) is 36.5 Å². The van der Waals surface area contributed by atoms with E-state index in [-0.39, 0.29) is 18.2 Å². The Kier molecular flexibility index (Phi) is 6.74. The molecule has 0 radical (unpaired) electrons. The minimum absolute atomic E-state index is 0.0417. The van der Waals surface area contributed by atoms with E-state index in [1.165, 1.54) is 28.9 Å². The molecule has 3 aromatic rings. The zero-order valence-electron chi connectivity index (χ0n) is 20.3. The number of anilines is 1. The average Bonchev–Trinajstić information content (AvgIpc) is 3.09. The molecule has 1 atom stereocenters. The Morgan fingerprint density at radius 1 is 1.19 bits per heavy atom. The molecule has 194 valence electrons. The number of ether oxygens (including phenoxy) is 2. The van der Waals surface area contributed by atoms with Gasteiger partial charge < -0.3 is 24.8 Å². The number of aromatic nitrogens is 3. The third-order valence-electron chi connectivity index (χ3n) is 5.67. The van der Waals surface area contributed by atoms with Crippen molar-refractivity contribution in [1.82, 2.24) is 20.1 Å². The van der Waals surface area contributed by atoms with Crippen molar-refractivity contribution in [3.05, 3.63) is 42.2 Å². The van der Waals surface area contributed by atoms with Gasteiger partial charge in [-0.05, 0) is 58.0 Å². The van der Waals surface area contributed by atoms with E-state index in [9.17, 15) is 23.1 Å². The molecule has 2 N–H and O–H groups in total. The van der Waals surface area contributed by atoms with Crippen LogP contribution in [0.1, 0.15) is 33.4 Å². The Morgan fingerprint density at radius 2 is 1.86 bits per heavy atom. The van der Waals surface area contributed by atoms with Crippen molar-refractivity contribution in [2.45, 2.75) is 52.3 Å². The first-order chi connectivity index (χ1) is 16.8. The van der Waals surface area contributed by atoms with Gasteiger partial charge in [0.15, 0.2) is 5.65 Å². The molecule has 2 aromatic heterocycles. The van der Waals surface area contributed by atoms with Crippen molar-refractivity contribution in [3.63, 3.8) is 0 Å². The van der Waals surface area contributed by atoms with Gasteiger partial charge in [-0.15, -0.1) is 13.2 Å². The van der Waals surface area contributed by atoms with Gasteiger partial charge in [-0.25, -0.2) is 14.5 Å². The fraction of sp³-hybridized carbons (Fsp3) is 0.458. The summed E-state index contributed by atoms with van der Waals surface area (Å²) < 4.78 is 48.4. The van der Waals surface area contributed by atoms with E-state index in [2.05, 4.69) is 25.0 Å². The molecular weight excluding hydrogens is 479 g/mol. The smallest absolute Gasteiger partial charge is 0.444 e. The molecule has 9 nitrogen and oxygen atoms in total. The van der Waals surface area contributed by atoms with Gasteiger partial charge in [0, 0.05) is 25.2 Å². The van der Waals surface area contributed by atoms with E-state index in [1.807, 2.05) is 6.07 Å². The number of alkyl carbamates (subject to hydrolysis) is 1. The highest BCUT2D eigenvalue weighted by Crippen LogP contribution is 2.35. The molecule has 1 unspecified atom stereocenters. The molecule has 4 rings (SSSR count). The molecule has 12 heteroatoms. The number of aliphatic hydroxyl groups excluding tert-OH is 1. The van der Waals surface area contributed by atoms with Crippen molar-refractivity contribution < 1.29 is 32.5 Å². The fourth-order valence-corrected chi connectivity index (χ4v) is 3.94. The largest absolute Gasteiger partial charge is 0.573 e. The second kappa shape index (κ2) is 9.49. The lowest BCUT2D eigenvalue weighted by Crippen LogP contribution is -2.51. The van der Waals surface area contributed by atoms with E-state index < -0.39 is 24.2 Å². The van der Waals surface area contributed by atoms with Crippen molar-refractivity contribution in [3.8, 4) is 11.4 Å². The zero-order chi connectivity index (χ0) is 26.3. The Balaban J connectivity index is 1.69. The minimum atomic E-state index is -4.79. The van der Waals surface area contributed by atoms with Gasteiger partial charge >= 0.3 is 12.5 Å². The summed E-state index contributed by atoms with van der Waals surface area (Å²) in [7, 11) is 0. The van der Waals surface area contributed by atoms with E-state index in [4.69, 9.17) is 4.74 Å². The van der Waals surface area contributed by atoms with Crippen LogP contribution in [0.5, 0.6) is 5.75 Å². The fourth-order valence-electron chi connectivity index (χ4n) is 3.94. The summed E-state index contributed by atoms with van der Waals surface area (Å²) in [5.74, 6) is -0.222. The number of amides is 1. The maximum Gasteiger partial charge on any atom is 0.573 e. The molecular formula is C24H28F3N5O4. The number of carbonyl (C=O) groups excluding carboxylic acids is 1.